The fourth-order valence-electron chi connectivity index (χ4n) is 1.86. The van der Waals surface area contributed by atoms with Crippen LogP contribution >= 0.6 is 11.6 Å². The van der Waals surface area contributed by atoms with E-state index in [1.54, 1.807) is 30.3 Å². The van der Waals surface area contributed by atoms with Gasteiger partial charge in [-0.25, -0.2) is 0 Å². The lowest BCUT2D eigenvalue weighted by Crippen LogP contribution is -2.17. The molecule has 0 aliphatic carbocycles. The van der Waals surface area contributed by atoms with E-state index in [9.17, 15) is 18.0 Å². The van der Waals surface area contributed by atoms with Crippen LogP contribution in [0, 0.1) is 11.3 Å². The Hall–Kier alpha value is -2.78. The summed E-state index contributed by atoms with van der Waals surface area (Å²) in [6, 6.07) is 12.7. The van der Waals surface area contributed by atoms with Gasteiger partial charge in [-0.3, -0.25) is 4.79 Å². The van der Waals surface area contributed by atoms with Crippen molar-refractivity contribution in [3.8, 4) is 11.8 Å². The number of halogens is 4. The summed E-state index contributed by atoms with van der Waals surface area (Å²) in [5.41, 5.74) is 0.359. The number of allylic oxidation sites excluding steroid dienone is 1. The molecule has 24 heavy (non-hydrogen) atoms. The molecule has 0 saturated carbocycles. The van der Waals surface area contributed by atoms with Gasteiger partial charge in [0.05, 0.1) is 0 Å². The van der Waals surface area contributed by atoms with E-state index in [0.717, 1.165) is 24.3 Å². The average molecular weight is 352 g/mol. The molecule has 7 heteroatoms. The Kier molecular flexibility index (Phi) is 5.27. The maximum atomic E-state index is 12.3. The zero-order valence-electron chi connectivity index (χ0n) is 12.0. The highest BCUT2D eigenvalue weighted by Crippen LogP contribution is 2.24. The normalized spacial score (nSPS) is 11.7. The number of ketones is 1. The van der Waals surface area contributed by atoms with Crippen LogP contribution in [0.1, 0.15) is 15.9 Å². The molecular formula is C17H9ClF3NO2. The number of carbonyl (C=O) groups is 1. The zero-order chi connectivity index (χ0) is 17.7. The van der Waals surface area contributed by atoms with Gasteiger partial charge in [-0.1, -0.05) is 29.8 Å². The number of nitriles is 1. The highest BCUT2D eigenvalue weighted by molar-refractivity contribution is 6.32. The van der Waals surface area contributed by atoms with Crippen molar-refractivity contribution < 1.29 is 22.7 Å². The molecule has 0 heterocycles. The van der Waals surface area contributed by atoms with E-state index in [4.69, 9.17) is 16.9 Å². The summed E-state index contributed by atoms with van der Waals surface area (Å²) in [6.45, 7) is 0. The molecule has 0 spiro atoms. The van der Waals surface area contributed by atoms with Crippen LogP contribution in [0.5, 0.6) is 5.75 Å². The number of hydrogen-bond acceptors (Lipinski definition) is 3. The smallest absolute Gasteiger partial charge is 0.406 e. The van der Waals surface area contributed by atoms with Gasteiger partial charge in [0.2, 0.25) is 5.78 Å². The van der Waals surface area contributed by atoms with Crippen molar-refractivity contribution in [1.82, 2.24) is 0 Å². The Morgan fingerprint density at radius 2 is 1.75 bits per heavy atom. The first-order valence-corrected chi connectivity index (χ1v) is 6.95. The topological polar surface area (TPSA) is 50.1 Å². The van der Waals surface area contributed by atoms with Crippen LogP contribution in [0.2, 0.25) is 5.02 Å². The summed E-state index contributed by atoms with van der Waals surface area (Å²) < 4.78 is 40.1. The van der Waals surface area contributed by atoms with Crippen LogP contribution in [0.25, 0.3) is 6.08 Å². The summed E-state index contributed by atoms with van der Waals surface area (Å²) in [6.07, 6.45) is -3.49. The van der Waals surface area contributed by atoms with E-state index in [1.165, 1.54) is 6.08 Å². The van der Waals surface area contributed by atoms with E-state index in [0.29, 0.717) is 10.6 Å². The van der Waals surface area contributed by atoms with Crippen molar-refractivity contribution in [3.63, 3.8) is 0 Å². The standard InChI is InChI=1S/C17H9ClF3NO2/c18-15-4-2-1-3-12(15)9-13(10-22)16(23)11-5-7-14(8-6-11)24-17(19,20)21/h1-9H/b13-9-. The molecule has 0 amide bonds. The van der Waals surface area contributed by atoms with Gasteiger partial charge in [0.25, 0.3) is 0 Å². The third-order valence-electron chi connectivity index (χ3n) is 2.92. The van der Waals surface area contributed by atoms with E-state index in [2.05, 4.69) is 4.74 Å². The van der Waals surface area contributed by atoms with Crippen LogP contribution in [0.4, 0.5) is 13.2 Å². The molecule has 0 atom stereocenters. The maximum absolute atomic E-state index is 12.3. The number of alkyl halides is 3. The van der Waals surface area contributed by atoms with Gasteiger partial charge in [-0.2, -0.15) is 5.26 Å². The Morgan fingerprint density at radius 1 is 1.12 bits per heavy atom. The lowest BCUT2D eigenvalue weighted by molar-refractivity contribution is -0.274. The number of hydrogen-bond donors (Lipinski definition) is 0. The van der Waals surface area contributed by atoms with E-state index in [1.807, 2.05) is 0 Å². The second-order valence-corrected chi connectivity index (χ2v) is 5.00. The lowest BCUT2D eigenvalue weighted by atomic mass is 10.0. The largest absolute Gasteiger partial charge is 0.573 e. The fraction of sp³-hybridized carbons (Fsp3) is 0.0588. The molecule has 0 aliphatic rings. The monoisotopic (exact) mass is 351 g/mol. The van der Waals surface area contributed by atoms with Crippen molar-refractivity contribution >= 4 is 23.5 Å². The van der Waals surface area contributed by atoms with Gasteiger partial charge < -0.3 is 4.74 Å². The molecule has 3 nitrogen and oxygen atoms in total. The minimum atomic E-state index is -4.81. The van der Waals surface area contributed by atoms with Crippen LogP contribution < -0.4 is 4.74 Å². The molecule has 0 aliphatic heterocycles. The van der Waals surface area contributed by atoms with Gasteiger partial charge in [-0.05, 0) is 42.0 Å². The minimum Gasteiger partial charge on any atom is -0.406 e. The Morgan fingerprint density at radius 3 is 2.29 bits per heavy atom. The predicted molar refractivity (Wildman–Crippen MR) is 82.5 cm³/mol. The van der Waals surface area contributed by atoms with Crippen LogP contribution in [-0.2, 0) is 0 Å². The number of Topliss-reactive ketones (excluding diaryl/α,β-unsaturated/α-hetero) is 1. The van der Waals surface area contributed by atoms with Crippen molar-refractivity contribution in [1.29, 1.82) is 5.26 Å². The zero-order valence-corrected chi connectivity index (χ0v) is 12.7. The third-order valence-corrected chi connectivity index (χ3v) is 3.26. The van der Waals surface area contributed by atoms with Gasteiger partial charge >= 0.3 is 6.36 Å². The van der Waals surface area contributed by atoms with E-state index < -0.39 is 17.9 Å². The van der Waals surface area contributed by atoms with Crippen LogP contribution in [-0.4, -0.2) is 12.1 Å². The van der Waals surface area contributed by atoms with Crippen molar-refractivity contribution in [2.75, 3.05) is 0 Å². The molecule has 0 unspecified atom stereocenters. The lowest BCUT2D eigenvalue weighted by Gasteiger charge is -2.09. The highest BCUT2D eigenvalue weighted by Gasteiger charge is 2.31. The van der Waals surface area contributed by atoms with Gasteiger partial charge in [0.15, 0.2) is 0 Å². The second-order valence-electron chi connectivity index (χ2n) is 4.59. The first-order valence-electron chi connectivity index (χ1n) is 6.57. The highest BCUT2D eigenvalue weighted by atomic mass is 35.5. The number of nitrogens with zero attached hydrogens (tertiary/aromatic N) is 1. The Bertz CT molecular complexity index is 821. The van der Waals surface area contributed by atoms with Crippen molar-refractivity contribution in [2.24, 2.45) is 0 Å². The van der Waals surface area contributed by atoms with Gasteiger partial charge in [0.1, 0.15) is 17.4 Å². The summed E-state index contributed by atoms with van der Waals surface area (Å²) >= 11 is 5.97. The molecule has 0 bridgehead atoms. The summed E-state index contributed by atoms with van der Waals surface area (Å²) in [4.78, 5) is 12.3. The number of benzene rings is 2. The number of carbonyl (C=O) groups excluding carboxylic acids is 1. The van der Waals surface area contributed by atoms with E-state index in [-0.39, 0.29) is 11.1 Å². The molecule has 0 fully saturated rings. The summed E-state index contributed by atoms with van der Waals surface area (Å²) in [7, 11) is 0. The van der Waals surface area contributed by atoms with Gasteiger partial charge in [-0.15, -0.1) is 13.2 Å². The second kappa shape index (κ2) is 7.20. The molecule has 2 aromatic carbocycles. The third kappa shape index (κ3) is 4.61. The first-order chi connectivity index (χ1) is 11.3. The molecule has 0 N–H and O–H groups in total. The average Bonchev–Trinajstić information content (AvgIpc) is 2.53. The van der Waals surface area contributed by atoms with Crippen LogP contribution in [0.15, 0.2) is 54.1 Å². The molecule has 2 aromatic rings. The molecule has 2 rings (SSSR count). The molecule has 0 aromatic heterocycles. The quantitative estimate of drug-likeness (QED) is 0.441. The first kappa shape index (κ1) is 17.6. The number of rotatable bonds is 4. The summed E-state index contributed by atoms with van der Waals surface area (Å²) in [5.74, 6) is -1.08. The maximum Gasteiger partial charge on any atom is 0.573 e. The fourth-order valence-corrected chi connectivity index (χ4v) is 2.05. The van der Waals surface area contributed by atoms with E-state index >= 15 is 0 Å². The Balaban J connectivity index is 2.26. The SMILES string of the molecule is N#C/C(=C/c1ccccc1Cl)C(=O)c1ccc(OC(F)(F)F)cc1. The number of ether oxygens (including phenoxy) is 1. The minimum absolute atomic E-state index is 0.0596. The molecule has 0 saturated heterocycles. The van der Waals surface area contributed by atoms with Crippen molar-refractivity contribution in [2.45, 2.75) is 6.36 Å². The summed E-state index contributed by atoms with van der Waals surface area (Å²) in [5, 5.41) is 9.53. The molecular weight excluding hydrogens is 343 g/mol. The Labute approximate surface area is 140 Å². The van der Waals surface area contributed by atoms with Crippen molar-refractivity contribution in [3.05, 3.63) is 70.3 Å². The molecule has 0 radical (unpaired) electrons. The van der Waals surface area contributed by atoms with Gasteiger partial charge in [0, 0.05) is 10.6 Å². The molecule has 122 valence electrons. The van der Waals surface area contributed by atoms with Crippen LogP contribution in [0.3, 0.4) is 0 Å². The predicted octanol–water partition coefficient (Wildman–Crippen LogP) is 5.03.